The quantitative estimate of drug-likeness (QED) is 0.858. The highest BCUT2D eigenvalue weighted by atomic mass is 19.1. The fourth-order valence-electron chi connectivity index (χ4n) is 1.78. The minimum atomic E-state index is -1.11. The number of aliphatic carboxylic acids is 1. The Morgan fingerprint density at radius 2 is 2.12 bits per heavy atom. The molecule has 1 aromatic carbocycles. The van der Waals surface area contributed by atoms with Gasteiger partial charge in [-0.3, -0.25) is 9.59 Å². The van der Waals surface area contributed by atoms with E-state index in [0.717, 1.165) is 10.6 Å². The average molecular weight is 235 g/mol. The number of carbonyl (C=O) groups is 1. The fourth-order valence-corrected chi connectivity index (χ4v) is 1.78. The highest BCUT2D eigenvalue weighted by molar-refractivity contribution is 5.82. The van der Waals surface area contributed by atoms with Crippen molar-refractivity contribution in [2.75, 3.05) is 0 Å². The maximum Gasteiger partial charge on any atom is 0.323 e. The van der Waals surface area contributed by atoms with Crippen LogP contribution in [0.3, 0.4) is 0 Å². The second-order valence-corrected chi connectivity index (χ2v) is 3.80. The second kappa shape index (κ2) is 4.01. The van der Waals surface area contributed by atoms with Gasteiger partial charge in [-0.2, -0.15) is 0 Å². The molecule has 1 aromatic heterocycles. The van der Waals surface area contributed by atoms with Crippen LogP contribution in [0, 0.1) is 12.7 Å². The summed E-state index contributed by atoms with van der Waals surface area (Å²) in [6, 6.07) is 5.56. The molecule has 0 atom stereocenters. The topological polar surface area (TPSA) is 59.3 Å². The first-order valence-corrected chi connectivity index (χ1v) is 5.00. The van der Waals surface area contributed by atoms with Crippen LogP contribution in [0.15, 0.2) is 29.1 Å². The van der Waals surface area contributed by atoms with Crippen molar-refractivity contribution >= 4 is 16.7 Å². The molecule has 2 aromatic rings. The SMILES string of the molecule is Cc1cc2ccc(F)cc2c(=O)n1CC(=O)O. The number of benzene rings is 1. The molecule has 17 heavy (non-hydrogen) atoms. The highest BCUT2D eigenvalue weighted by Crippen LogP contribution is 2.13. The van der Waals surface area contributed by atoms with Gasteiger partial charge >= 0.3 is 5.97 Å². The van der Waals surface area contributed by atoms with E-state index in [4.69, 9.17) is 5.11 Å². The van der Waals surface area contributed by atoms with E-state index in [1.165, 1.54) is 12.1 Å². The molecule has 0 aliphatic heterocycles. The molecule has 0 spiro atoms. The number of halogens is 1. The van der Waals surface area contributed by atoms with Gasteiger partial charge in [0.15, 0.2) is 0 Å². The molecular weight excluding hydrogens is 225 g/mol. The highest BCUT2D eigenvalue weighted by Gasteiger charge is 2.09. The van der Waals surface area contributed by atoms with E-state index in [9.17, 15) is 14.0 Å². The van der Waals surface area contributed by atoms with Crippen molar-refractivity contribution in [3.63, 3.8) is 0 Å². The Labute approximate surface area is 95.9 Å². The minimum absolute atomic E-state index is 0.192. The van der Waals surface area contributed by atoms with Crippen LogP contribution in [0.25, 0.3) is 10.8 Å². The molecular formula is C12H10FNO3. The largest absolute Gasteiger partial charge is 0.480 e. The summed E-state index contributed by atoms with van der Waals surface area (Å²) in [4.78, 5) is 22.6. The maximum absolute atomic E-state index is 13.0. The number of rotatable bonds is 2. The summed E-state index contributed by atoms with van der Waals surface area (Å²) in [6.07, 6.45) is 0. The number of hydrogen-bond acceptors (Lipinski definition) is 2. The molecule has 0 aliphatic rings. The Bertz CT molecular complexity index is 661. The molecule has 0 radical (unpaired) electrons. The van der Waals surface area contributed by atoms with E-state index in [1.807, 2.05) is 0 Å². The molecule has 1 N–H and O–H groups in total. The van der Waals surface area contributed by atoms with Crippen LogP contribution in [0.1, 0.15) is 5.69 Å². The first-order valence-electron chi connectivity index (χ1n) is 5.00. The molecule has 4 nitrogen and oxygen atoms in total. The van der Waals surface area contributed by atoms with Gasteiger partial charge in [-0.1, -0.05) is 6.07 Å². The van der Waals surface area contributed by atoms with E-state index < -0.39 is 23.9 Å². The number of pyridine rings is 1. The van der Waals surface area contributed by atoms with Crippen LogP contribution in [0.4, 0.5) is 4.39 Å². The normalized spacial score (nSPS) is 10.7. The lowest BCUT2D eigenvalue weighted by Gasteiger charge is -2.09. The van der Waals surface area contributed by atoms with E-state index in [2.05, 4.69) is 0 Å². The zero-order valence-corrected chi connectivity index (χ0v) is 9.11. The summed E-state index contributed by atoms with van der Waals surface area (Å²) in [7, 11) is 0. The van der Waals surface area contributed by atoms with Crippen LogP contribution < -0.4 is 5.56 Å². The third-order valence-electron chi connectivity index (χ3n) is 2.57. The van der Waals surface area contributed by atoms with Crippen molar-refractivity contribution in [2.24, 2.45) is 0 Å². The lowest BCUT2D eigenvalue weighted by atomic mass is 10.1. The second-order valence-electron chi connectivity index (χ2n) is 3.80. The fraction of sp³-hybridized carbons (Fsp3) is 0.167. The summed E-state index contributed by atoms with van der Waals surface area (Å²) in [5.41, 5.74) is 0.0541. The van der Waals surface area contributed by atoms with Crippen LogP contribution in [0.5, 0.6) is 0 Å². The van der Waals surface area contributed by atoms with Gasteiger partial charge in [-0.05, 0) is 30.5 Å². The lowest BCUT2D eigenvalue weighted by Crippen LogP contribution is -2.26. The zero-order valence-electron chi connectivity index (χ0n) is 9.11. The van der Waals surface area contributed by atoms with Gasteiger partial charge in [0, 0.05) is 5.69 Å². The Morgan fingerprint density at radius 3 is 2.76 bits per heavy atom. The summed E-state index contributed by atoms with van der Waals surface area (Å²) < 4.78 is 14.2. The van der Waals surface area contributed by atoms with Crippen molar-refractivity contribution in [1.29, 1.82) is 0 Å². The van der Waals surface area contributed by atoms with Gasteiger partial charge in [0.05, 0.1) is 5.39 Å². The van der Waals surface area contributed by atoms with Crippen molar-refractivity contribution < 1.29 is 14.3 Å². The smallest absolute Gasteiger partial charge is 0.323 e. The first kappa shape index (κ1) is 11.3. The number of nitrogens with zero attached hydrogens (tertiary/aromatic N) is 1. The predicted molar refractivity (Wildman–Crippen MR) is 60.5 cm³/mol. The number of aromatic nitrogens is 1. The molecule has 0 unspecified atom stereocenters. The Morgan fingerprint density at radius 1 is 1.41 bits per heavy atom. The van der Waals surface area contributed by atoms with Crippen molar-refractivity contribution in [3.05, 3.63) is 46.1 Å². The number of carboxylic acids is 1. The van der Waals surface area contributed by atoms with E-state index in [1.54, 1.807) is 13.0 Å². The number of hydrogen-bond donors (Lipinski definition) is 1. The monoisotopic (exact) mass is 235 g/mol. The molecule has 5 heteroatoms. The van der Waals surface area contributed by atoms with Gasteiger partial charge < -0.3 is 9.67 Å². The molecule has 0 saturated heterocycles. The summed E-state index contributed by atoms with van der Waals surface area (Å²) in [6.45, 7) is 1.23. The van der Waals surface area contributed by atoms with E-state index in [-0.39, 0.29) is 5.39 Å². The van der Waals surface area contributed by atoms with Crippen LogP contribution in [0.2, 0.25) is 0 Å². The summed E-state index contributed by atoms with van der Waals surface area (Å²) >= 11 is 0. The molecule has 0 aliphatic carbocycles. The molecule has 1 heterocycles. The van der Waals surface area contributed by atoms with E-state index in [0.29, 0.717) is 11.1 Å². The third kappa shape index (κ3) is 2.04. The Balaban J connectivity index is 2.78. The van der Waals surface area contributed by atoms with Crippen LogP contribution in [-0.2, 0) is 11.3 Å². The molecule has 88 valence electrons. The van der Waals surface area contributed by atoms with Gasteiger partial charge in [0.2, 0.25) is 0 Å². The minimum Gasteiger partial charge on any atom is -0.480 e. The summed E-state index contributed by atoms with van der Waals surface area (Å²) in [5.74, 6) is -1.62. The lowest BCUT2D eigenvalue weighted by molar-refractivity contribution is -0.137. The van der Waals surface area contributed by atoms with Gasteiger partial charge in [0.1, 0.15) is 12.4 Å². The zero-order chi connectivity index (χ0) is 12.6. The number of carboxylic acid groups (broad SMARTS) is 1. The van der Waals surface area contributed by atoms with Gasteiger partial charge in [-0.25, -0.2) is 4.39 Å². The van der Waals surface area contributed by atoms with Gasteiger partial charge in [0.25, 0.3) is 5.56 Å². The molecule has 0 bridgehead atoms. The Kier molecular flexibility index (Phi) is 2.67. The molecule has 2 rings (SSSR count). The summed E-state index contributed by atoms with van der Waals surface area (Å²) in [5, 5.41) is 9.51. The molecule has 0 amide bonds. The van der Waals surface area contributed by atoms with Crippen LogP contribution >= 0.6 is 0 Å². The molecule has 0 fully saturated rings. The first-order chi connectivity index (χ1) is 7.99. The standard InChI is InChI=1S/C12H10FNO3/c1-7-4-8-2-3-9(13)5-10(8)12(17)14(7)6-11(15)16/h2-5H,6H2,1H3,(H,15,16). The van der Waals surface area contributed by atoms with Crippen molar-refractivity contribution in [1.82, 2.24) is 4.57 Å². The predicted octanol–water partition coefficient (Wildman–Crippen LogP) is 1.53. The maximum atomic E-state index is 13.0. The van der Waals surface area contributed by atoms with Crippen molar-refractivity contribution in [2.45, 2.75) is 13.5 Å². The average Bonchev–Trinajstić information content (AvgIpc) is 2.25. The molecule has 0 saturated carbocycles. The number of fused-ring (bicyclic) bond motifs is 1. The van der Waals surface area contributed by atoms with Crippen molar-refractivity contribution in [3.8, 4) is 0 Å². The third-order valence-corrected chi connectivity index (χ3v) is 2.57. The number of aryl methyl sites for hydroxylation is 1. The van der Waals surface area contributed by atoms with Gasteiger partial charge in [-0.15, -0.1) is 0 Å². The van der Waals surface area contributed by atoms with E-state index >= 15 is 0 Å². The Hall–Kier alpha value is -2.17. The van der Waals surface area contributed by atoms with Crippen LogP contribution in [-0.4, -0.2) is 15.6 Å².